The summed E-state index contributed by atoms with van der Waals surface area (Å²) in [5.74, 6) is -0.525. The molecule has 4 amide bonds. The van der Waals surface area contributed by atoms with Crippen molar-refractivity contribution in [3.63, 3.8) is 0 Å². The van der Waals surface area contributed by atoms with Crippen molar-refractivity contribution in [1.29, 1.82) is 0 Å². The Balaban J connectivity index is 1.40. The Morgan fingerprint density at radius 1 is 1.07 bits per heavy atom. The van der Waals surface area contributed by atoms with Crippen LogP contribution in [-0.2, 0) is 29.1 Å². The van der Waals surface area contributed by atoms with Crippen LogP contribution in [0, 0.1) is 0 Å². The van der Waals surface area contributed by atoms with E-state index in [-0.39, 0.29) is 18.9 Å². The molecule has 0 saturated carbocycles. The van der Waals surface area contributed by atoms with Crippen LogP contribution in [0.3, 0.4) is 0 Å². The van der Waals surface area contributed by atoms with Crippen LogP contribution in [0.4, 0.5) is 4.79 Å². The summed E-state index contributed by atoms with van der Waals surface area (Å²) in [5.41, 5.74) is 3.07. The normalized spacial score (nSPS) is 18.8. The molecule has 0 aromatic heterocycles. The molecule has 0 radical (unpaired) electrons. The highest BCUT2D eigenvalue weighted by Crippen LogP contribution is 2.22. The van der Waals surface area contributed by atoms with Crippen molar-refractivity contribution in [2.75, 3.05) is 6.54 Å². The zero-order chi connectivity index (χ0) is 19.7. The van der Waals surface area contributed by atoms with Crippen molar-refractivity contribution in [2.24, 2.45) is 0 Å². The summed E-state index contributed by atoms with van der Waals surface area (Å²) in [6, 6.07) is 13.8. The van der Waals surface area contributed by atoms with Gasteiger partial charge in [0.15, 0.2) is 0 Å². The van der Waals surface area contributed by atoms with Gasteiger partial charge in [-0.3, -0.25) is 14.5 Å². The second-order valence-electron chi connectivity index (χ2n) is 7.06. The first-order valence-corrected chi connectivity index (χ1v) is 9.60. The first kappa shape index (κ1) is 18.5. The molecule has 2 aliphatic rings. The number of imide groups is 1. The number of fused-ring (bicyclic) bond motifs is 1. The van der Waals surface area contributed by atoms with Gasteiger partial charge < -0.3 is 10.2 Å². The molecule has 1 saturated heterocycles. The van der Waals surface area contributed by atoms with E-state index >= 15 is 0 Å². The molecule has 144 valence electrons. The molecule has 4 rings (SSSR count). The number of rotatable bonds is 4. The molecule has 0 spiro atoms. The predicted molar refractivity (Wildman–Crippen MR) is 105 cm³/mol. The van der Waals surface area contributed by atoms with Gasteiger partial charge in [-0.25, -0.2) is 4.79 Å². The van der Waals surface area contributed by atoms with E-state index in [4.69, 9.17) is 11.6 Å². The number of nitrogens with one attached hydrogen (secondary N) is 1. The molecule has 28 heavy (non-hydrogen) atoms. The van der Waals surface area contributed by atoms with Crippen LogP contribution in [0.15, 0.2) is 48.5 Å². The fourth-order valence-electron chi connectivity index (χ4n) is 3.67. The quantitative estimate of drug-likeness (QED) is 0.806. The second kappa shape index (κ2) is 7.64. The number of benzene rings is 2. The molecular weight excluding hydrogens is 378 g/mol. The average Bonchev–Trinajstić information content (AvgIpc) is 2.96. The molecule has 0 bridgehead atoms. The van der Waals surface area contributed by atoms with E-state index in [0.717, 1.165) is 16.9 Å². The zero-order valence-corrected chi connectivity index (χ0v) is 16.0. The third-order valence-electron chi connectivity index (χ3n) is 5.26. The molecule has 6 nitrogen and oxygen atoms in total. The van der Waals surface area contributed by atoms with Crippen molar-refractivity contribution < 1.29 is 14.4 Å². The summed E-state index contributed by atoms with van der Waals surface area (Å²) in [6.07, 6.45) is 0.761. The summed E-state index contributed by atoms with van der Waals surface area (Å²) < 4.78 is 0. The van der Waals surface area contributed by atoms with Gasteiger partial charge in [-0.15, -0.1) is 0 Å². The summed E-state index contributed by atoms with van der Waals surface area (Å²) in [4.78, 5) is 40.5. The van der Waals surface area contributed by atoms with Crippen LogP contribution < -0.4 is 5.32 Å². The van der Waals surface area contributed by atoms with Crippen LogP contribution in [0.2, 0.25) is 5.02 Å². The van der Waals surface area contributed by atoms with Crippen LogP contribution in [0.25, 0.3) is 0 Å². The first-order chi connectivity index (χ1) is 13.5. The minimum absolute atomic E-state index is 0.0360. The summed E-state index contributed by atoms with van der Waals surface area (Å²) in [6.45, 7) is 1.24. The largest absolute Gasteiger partial charge is 0.338 e. The Hall–Kier alpha value is -2.86. The number of amides is 4. The van der Waals surface area contributed by atoms with Crippen molar-refractivity contribution in [3.8, 4) is 0 Å². The van der Waals surface area contributed by atoms with E-state index in [1.807, 2.05) is 18.2 Å². The maximum atomic E-state index is 12.7. The molecule has 1 unspecified atom stereocenters. The highest BCUT2D eigenvalue weighted by atomic mass is 35.5. The minimum atomic E-state index is -0.834. The maximum Gasteiger partial charge on any atom is 0.325 e. The molecule has 1 N–H and O–H groups in total. The Bertz CT molecular complexity index is 946. The smallest absolute Gasteiger partial charge is 0.325 e. The van der Waals surface area contributed by atoms with Crippen LogP contribution >= 0.6 is 11.6 Å². The van der Waals surface area contributed by atoms with Crippen LogP contribution in [-0.4, -0.2) is 40.2 Å². The lowest BCUT2D eigenvalue weighted by molar-refractivity contribution is -0.136. The molecule has 1 fully saturated rings. The van der Waals surface area contributed by atoms with Gasteiger partial charge in [0.25, 0.3) is 5.91 Å². The molecule has 2 heterocycles. The fourth-order valence-corrected chi connectivity index (χ4v) is 3.87. The van der Waals surface area contributed by atoms with E-state index in [2.05, 4.69) is 11.4 Å². The van der Waals surface area contributed by atoms with Crippen molar-refractivity contribution >= 4 is 29.4 Å². The number of hydrogen-bond acceptors (Lipinski definition) is 3. The van der Waals surface area contributed by atoms with Gasteiger partial charge in [0.05, 0.1) is 13.0 Å². The first-order valence-electron chi connectivity index (χ1n) is 9.23. The summed E-state index contributed by atoms with van der Waals surface area (Å²) in [5, 5.41) is 3.12. The number of hydrogen-bond donors (Lipinski definition) is 1. The molecular formula is C21H20ClN3O3. The van der Waals surface area contributed by atoms with Gasteiger partial charge in [-0.2, -0.15) is 0 Å². The third-order valence-corrected chi connectivity index (χ3v) is 5.62. The second-order valence-corrected chi connectivity index (χ2v) is 7.46. The Labute approximate surface area is 168 Å². The van der Waals surface area contributed by atoms with Crippen molar-refractivity contribution in [2.45, 2.75) is 32.0 Å². The van der Waals surface area contributed by atoms with Crippen LogP contribution in [0.5, 0.6) is 0 Å². The van der Waals surface area contributed by atoms with Crippen LogP contribution in [0.1, 0.15) is 23.1 Å². The monoisotopic (exact) mass is 397 g/mol. The lowest BCUT2D eigenvalue weighted by Gasteiger charge is -2.29. The molecule has 0 aliphatic carbocycles. The lowest BCUT2D eigenvalue weighted by atomic mass is 9.99. The van der Waals surface area contributed by atoms with E-state index in [9.17, 15) is 14.4 Å². The molecule has 2 aromatic rings. The maximum absolute atomic E-state index is 12.7. The number of nitrogens with zero attached hydrogens (tertiary/aromatic N) is 2. The third kappa shape index (κ3) is 3.60. The van der Waals surface area contributed by atoms with E-state index in [0.29, 0.717) is 23.7 Å². The zero-order valence-electron chi connectivity index (χ0n) is 15.2. The van der Waals surface area contributed by atoms with Gasteiger partial charge in [0.2, 0.25) is 5.91 Å². The fraction of sp³-hybridized carbons (Fsp3) is 0.286. The van der Waals surface area contributed by atoms with E-state index in [1.54, 1.807) is 29.2 Å². The van der Waals surface area contributed by atoms with Gasteiger partial charge in [0.1, 0.15) is 6.04 Å². The molecule has 1 atom stereocenters. The van der Waals surface area contributed by atoms with Gasteiger partial charge in [-0.05, 0) is 29.2 Å². The Morgan fingerprint density at radius 3 is 2.57 bits per heavy atom. The average molecular weight is 398 g/mol. The molecule has 7 heteroatoms. The standard InChI is InChI=1S/C21H20ClN3O3/c22-17-8-4-3-7-16(17)13-25-20(27)18(23-21(25)28)11-19(26)24-10-9-14-5-1-2-6-15(14)12-24/h1-8,18H,9-13H2,(H,23,28). The number of carbonyl (C=O) groups excluding carboxylic acids is 3. The van der Waals surface area contributed by atoms with E-state index in [1.165, 1.54) is 5.56 Å². The minimum Gasteiger partial charge on any atom is -0.338 e. The highest BCUT2D eigenvalue weighted by Gasteiger charge is 2.40. The van der Waals surface area contributed by atoms with Crippen molar-refractivity contribution in [1.82, 2.24) is 15.1 Å². The van der Waals surface area contributed by atoms with E-state index < -0.39 is 18.0 Å². The van der Waals surface area contributed by atoms with Gasteiger partial charge in [-0.1, -0.05) is 54.1 Å². The summed E-state index contributed by atoms with van der Waals surface area (Å²) >= 11 is 6.13. The Morgan fingerprint density at radius 2 is 1.79 bits per heavy atom. The lowest BCUT2D eigenvalue weighted by Crippen LogP contribution is -2.41. The van der Waals surface area contributed by atoms with Gasteiger partial charge >= 0.3 is 6.03 Å². The number of urea groups is 1. The number of carbonyl (C=O) groups is 3. The predicted octanol–water partition coefficient (Wildman–Crippen LogP) is 2.74. The van der Waals surface area contributed by atoms with Gasteiger partial charge in [0, 0.05) is 18.1 Å². The van der Waals surface area contributed by atoms with Crippen molar-refractivity contribution in [3.05, 3.63) is 70.2 Å². The number of halogens is 1. The molecule has 2 aliphatic heterocycles. The summed E-state index contributed by atoms with van der Waals surface area (Å²) in [7, 11) is 0. The molecule has 2 aromatic carbocycles. The topological polar surface area (TPSA) is 69.7 Å². The Kier molecular flexibility index (Phi) is 5.05. The SMILES string of the molecule is O=C(CC1NC(=O)N(Cc2ccccc2Cl)C1=O)N1CCc2ccccc2C1. The highest BCUT2D eigenvalue weighted by molar-refractivity contribution is 6.31.